The number of benzene rings is 2. The highest BCUT2D eigenvalue weighted by Crippen LogP contribution is 2.29. The summed E-state index contributed by atoms with van der Waals surface area (Å²) in [6.45, 7) is 5.24. The van der Waals surface area contributed by atoms with E-state index in [0.29, 0.717) is 18.3 Å². The maximum Gasteiger partial charge on any atom is 0.191 e. The van der Waals surface area contributed by atoms with E-state index in [1.54, 1.807) is 13.2 Å². The summed E-state index contributed by atoms with van der Waals surface area (Å²) in [6.07, 6.45) is 2.25. The van der Waals surface area contributed by atoms with E-state index in [2.05, 4.69) is 51.7 Å². The summed E-state index contributed by atoms with van der Waals surface area (Å²) >= 11 is 0. The molecule has 0 spiro atoms. The van der Waals surface area contributed by atoms with Crippen LogP contribution in [0.4, 0.5) is 5.69 Å². The molecule has 3 rings (SSSR count). The first-order valence-corrected chi connectivity index (χ1v) is 9.91. The number of hydrogen-bond donors (Lipinski definition) is 3. The van der Waals surface area contributed by atoms with Gasteiger partial charge in [0.05, 0.1) is 13.7 Å². The van der Waals surface area contributed by atoms with Gasteiger partial charge in [0.1, 0.15) is 0 Å². The Morgan fingerprint density at radius 1 is 1.21 bits per heavy atom. The smallest absolute Gasteiger partial charge is 0.191 e. The molecule has 1 saturated heterocycles. The Morgan fingerprint density at radius 3 is 2.72 bits per heavy atom. The van der Waals surface area contributed by atoms with Gasteiger partial charge in [0.2, 0.25) is 0 Å². The second-order valence-electron chi connectivity index (χ2n) is 6.93. The number of phenols is 1. The van der Waals surface area contributed by atoms with E-state index in [4.69, 9.17) is 4.74 Å². The third kappa shape index (κ3) is 6.42. The van der Waals surface area contributed by atoms with E-state index >= 15 is 0 Å². The molecule has 158 valence electrons. The number of phenolic OH excluding ortho intramolecular Hbond substituents is 1. The Labute approximate surface area is 190 Å². The molecule has 1 fully saturated rings. The van der Waals surface area contributed by atoms with Gasteiger partial charge in [-0.05, 0) is 38.0 Å². The molecule has 1 aliphatic rings. The highest BCUT2D eigenvalue weighted by atomic mass is 127. The summed E-state index contributed by atoms with van der Waals surface area (Å²) < 4.78 is 5.18. The molecular weight excluding hydrogens is 479 g/mol. The molecule has 6 nitrogen and oxygen atoms in total. The SMILES string of the molecule is CCNC(=NCc1cccc(OC)c1O)NC1CCCN(c2ccccc2)C1.I. The van der Waals surface area contributed by atoms with Crippen molar-refractivity contribution in [3.8, 4) is 11.5 Å². The lowest BCUT2D eigenvalue weighted by Gasteiger charge is -2.35. The number of piperidine rings is 1. The van der Waals surface area contributed by atoms with E-state index < -0.39 is 0 Å². The first-order valence-electron chi connectivity index (χ1n) is 9.91. The van der Waals surface area contributed by atoms with Crippen LogP contribution in [0.5, 0.6) is 11.5 Å². The number of nitrogens with zero attached hydrogens (tertiary/aromatic N) is 2. The van der Waals surface area contributed by atoms with Crippen LogP contribution in [0, 0.1) is 0 Å². The molecule has 1 heterocycles. The lowest BCUT2D eigenvalue weighted by Crippen LogP contribution is -2.51. The quantitative estimate of drug-likeness (QED) is 0.314. The van der Waals surface area contributed by atoms with Gasteiger partial charge in [-0.3, -0.25) is 0 Å². The first kappa shape index (κ1) is 23.1. The third-order valence-electron chi connectivity index (χ3n) is 4.94. The van der Waals surface area contributed by atoms with Gasteiger partial charge in [0.25, 0.3) is 0 Å². The average Bonchev–Trinajstić information content (AvgIpc) is 2.74. The zero-order valence-electron chi connectivity index (χ0n) is 17.1. The molecule has 0 saturated carbocycles. The lowest BCUT2D eigenvalue weighted by atomic mass is 10.1. The van der Waals surface area contributed by atoms with E-state index in [1.165, 1.54) is 5.69 Å². The van der Waals surface area contributed by atoms with Crippen molar-refractivity contribution in [1.29, 1.82) is 0 Å². The molecular formula is C22H31IN4O2. The standard InChI is InChI=1S/C22H30N4O2.HI/c1-3-23-22(24-15-17-9-7-13-20(28-2)21(17)27)25-18-10-8-14-26(16-18)19-11-5-4-6-12-19;/h4-7,9,11-13,18,27H,3,8,10,14-16H2,1-2H3,(H2,23,24,25);1H. The fraction of sp³-hybridized carbons (Fsp3) is 0.409. The van der Waals surface area contributed by atoms with Gasteiger partial charge in [0, 0.05) is 36.9 Å². The van der Waals surface area contributed by atoms with Crippen molar-refractivity contribution in [2.45, 2.75) is 32.4 Å². The van der Waals surface area contributed by atoms with Crippen molar-refractivity contribution >= 4 is 35.6 Å². The number of halogens is 1. The molecule has 0 amide bonds. The van der Waals surface area contributed by atoms with Crippen molar-refractivity contribution < 1.29 is 9.84 Å². The number of guanidine groups is 1. The van der Waals surface area contributed by atoms with Crippen LogP contribution in [-0.2, 0) is 6.54 Å². The number of ether oxygens (including phenoxy) is 1. The van der Waals surface area contributed by atoms with Crippen molar-refractivity contribution in [2.24, 2.45) is 4.99 Å². The molecule has 0 aliphatic carbocycles. The fourth-order valence-corrected chi connectivity index (χ4v) is 3.51. The molecule has 0 aromatic heterocycles. The highest BCUT2D eigenvalue weighted by Gasteiger charge is 2.21. The highest BCUT2D eigenvalue weighted by molar-refractivity contribution is 14.0. The number of hydrogen-bond acceptors (Lipinski definition) is 4. The zero-order chi connectivity index (χ0) is 19.8. The number of aromatic hydroxyl groups is 1. The van der Waals surface area contributed by atoms with Crippen molar-refractivity contribution in [3.63, 3.8) is 0 Å². The third-order valence-corrected chi connectivity index (χ3v) is 4.94. The number of nitrogens with one attached hydrogen (secondary N) is 2. The number of para-hydroxylation sites is 2. The zero-order valence-corrected chi connectivity index (χ0v) is 19.4. The Kier molecular flexibility index (Phi) is 9.37. The molecule has 3 N–H and O–H groups in total. The van der Waals surface area contributed by atoms with Crippen molar-refractivity contribution in [3.05, 3.63) is 54.1 Å². The maximum absolute atomic E-state index is 10.3. The minimum absolute atomic E-state index is 0. The van der Waals surface area contributed by atoms with Crippen LogP contribution < -0.4 is 20.3 Å². The van der Waals surface area contributed by atoms with Gasteiger partial charge in [0.15, 0.2) is 17.5 Å². The van der Waals surface area contributed by atoms with Gasteiger partial charge in [-0.2, -0.15) is 0 Å². The fourth-order valence-electron chi connectivity index (χ4n) is 3.51. The molecule has 1 atom stereocenters. The molecule has 7 heteroatoms. The van der Waals surface area contributed by atoms with Crippen LogP contribution in [0.15, 0.2) is 53.5 Å². The minimum atomic E-state index is 0. The lowest BCUT2D eigenvalue weighted by molar-refractivity contribution is 0.370. The number of aliphatic imine (C=N–C) groups is 1. The summed E-state index contributed by atoms with van der Waals surface area (Å²) in [5, 5.41) is 17.1. The molecule has 2 aromatic carbocycles. The number of rotatable bonds is 6. The van der Waals surface area contributed by atoms with E-state index in [0.717, 1.165) is 44.0 Å². The average molecular weight is 510 g/mol. The van der Waals surface area contributed by atoms with Gasteiger partial charge in [-0.25, -0.2) is 4.99 Å². The largest absolute Gasteiger partial charge is 0.504 e. The normalized spacial score (nSPS) is 16.7. The predicted molar refractivity (Wildman–Crippen MR) is 130 cm³/mol. The second kappa shape index (κ2) is 11.7. The molecule has 29 heavy (non-hydrogen) atoms. The molecule has 0 bridgehead atoms. The summed E-state index contributed by atoms with van der Waals surface area (Å²) in [6, 6.07) is 16.3. The number of anilines is 1. The Balaban J connectivity index is 0.00000300. The van der Waals surface area contributed by atoms with E-state index in [9.17, 15) is 5.11 Å². The summed E-state index contributed by atoms with van der Waals surface area (Å²) in [4.78, 5) is 7.09. The summed E-state index contributed by atoms with van der Waals surface area (Å²) in [5.41, 5.74) is 2.00. The maximum atomic E-state index is 10.3. The van der Waals surface area contributed by atoms with Gasteiger partial charge < -0.3 is 25.4 Å². The molecule has 2 aromatic rings. The summed E-state index contributed by atoms with van der Waals surface area (Å²) in [5.74, 6) is 1.39. The Hall–Kier alpha value is -2.16. The molecule has 1 unspecified atom stereocenters. The van der Waals surface area contributed by atoms with Gasteiger partial charge in [-0.1, -0.05) is 30.3 Å². The Morgan fingerprint density at radius 2 is 2.00 bits per heavy atom. The van der Waals surface area contributed by atoms with Crippen LogP contribution in [0.1, 0.15) is 25.3 Å². The number of methoxy groups -OCH3 is 1. The molecule has 1 aliphatic heterocycles. The van der Waals surface area contributed by atoms with Gasteiger partial charge in [-0.15, -0.1) is 24.0 Å². The van der Waals surface area contributed by atoms with Crippen LogP contribution in [0.2, 0.25) is 0 Å². The van der Waals surface area contributed by atoms with Crippen LogP contribution >= 0.6 is 24.0 Å². The summed E-state index contributed by atoms with van der Waals surface area (Å²) in [7, 11) is 1.55. The molecule has 0 radical (unpaired) electrons. The van der Waals surface area contributed by atoms with Crippen molar-refractivity contribution in [2.75, 3.05) is 31.6 Å². The monoisotopic (exact) mass is 510 g/mol. The van der Waals surface area contributed by atoms with Crippen molar-refractivity contribution in [1.82, 2.24) is 10.6 Å². The Bertz CT molecular complexity index is 786. The van der Waals surface area contributed by atoms with Gasteiger partial charge >= 0.3 is 0 Å². The first-order chi connectivity index (χ1) is 13.7. The van der Waals surface area contributed by atoms with E-state index in [-0.39, 0.29) is 29.7 Å². The second-order valence-corrected chi connectivity index (χ2v) is 6.93. The van der Waals surface area contributed by atoms with Crippen LogP contribution in [0.25, 0.3) is 0 Å². The van der Waals surface area contributed by atoms with Crippen LogP contribution in [0.3, 0.4) is 0 Å². The predicted octanol–water partition coefficient (Wildman–Crippen LogP) is 3.74. The minimum Gasteiger partial charge on any atom is -0.504 e. The van der Waals surface area contributed by atoms with Crippen LogP contribution in [-0.4, -0.2) is 43.9 Å². The van der Waals surface area contributed by atoms with E-state index in [1.807, 2.05) is 18.2 Å². The topological polar surface area (TPSA) is 69.1 Å².